The maximum Gasteiger partial charge on any atom is 0.261 e. The van der Waals surface area contributed by atoms with Gasteiger partial charge in [-0.2, -0.15) is 0 Å². The summed E-state index contributed by atoms with van der Waals surface area (Å²) in [5.41, 5.74) is 2.97. The van der Waals surface area contributed by atoms with Crippen LogP contribution >= 0.6 is 0 Å². The molecule has 1 N–H and O–H groups in total. The van der Waals surface area contributed by atoms with Gasteiger partial charge in [0.25, 0.3) is 10.0 Å². The lowest BCUT2D eigenvalue weighted by Gasteiger charge is -2.13. The molecule has 2 aromatic rings. The Morgan fingerprint density at radius 1 is 1.05 bits per heavy atom. The van der Waals surface area contributed by atoms with Gasteiger partial charge in [-0.3, -0.25) is 9.71 Å². The molecule has 0 aliphatic rings. The van der Waals surface area contributed by atoms with E-state index in [1.165, 1.54) is 0 Å². The average Bonchev–Trinajstić information content (AvgIpc) is 2.35. The van der Waals surface area contributed by atoms with Gasteiger partial charge >= 0.3 is 0 Å². The van der Waals surface area contributed by atoms with Gasteiger partial charge in [-0.05, 0) is 44.5 Å². The van der Waals surface area contributed by atoms with Crippen LogP contribution in [0.5, 0.6) is 0 Å². The van der Waals surface area contributed by atoms with Crippen LogP contribution in [0.2, 0.25) is 0 Å². The van der Waals surface area contributed by atoms with Gasteiger partial charge in [-0.1, -0.05) is 18.2 Å². The molecule has 19 heavy (non-hydrogen) atoms. The number of benzene rings is 1. The highest BCUT2D eigenvalue weighted by Gasteiger charge is 2.16. The molecule has 0 saturated heterocycles. The number of nitrogens with one attached hydrogen (secondary N) is 1. The van der Waals surface area contributed by atoms with Crippen LogP contribution in [0.1, 0.15) is 17.0 Å². The summed E-state index contributed by atoms with van der Waals surface area (Å²) in [5, 5.41) is 0. The Bertz CT molecular complexity index is 672. The summed E-state index contributed by atoms with van der Waals surface area (Å²) in [6.45, 7) is 5.54. The molecule has 5 heteroatoms. The number of nitrogens with zero attached hydrogens (tertiary/aromatic N) is 1. The van der Waals surface area contributed by atoms with Gasteiger partial charge in [-0.15, -0.1) is 0 Å². The first-order valence-corrected chi connectivity index (χ1v) is 7.41. The zero-order chi connectivity index (χ0) is 14.0. The summed E-state index contributed by atoms with van der Waals surface area (Å²) in [7, 11) is -3.56. The largest absolute Gasteiger partial charge is 0.278 e. The van der Waals surface area contributed by atoms with Crippen molar-refractivity contribution in [3.05, 3.63) is 53.3 Å². The normalized spacial score (nSPS) is 11.3. The molecule has 0 aliphatic carbocycles. The highest BCUT2D eigenvalue weighted by molar-refractivity contribution is 7.92. The predicted molar refractivity (Wildman–Crippen MR) is 75.7 cm³/mol. The second kappa shape index (κ2) is 5.01. The van der Waals surface area contributed by atoms with Crippen LogP contribution in [0.4, 0.5) is 5.69 Å². The molecular formula is C14H16N2O2S. The minimum Gasteiger partial charge on any atom is -0.278 e. The van der Waals surface area contributed by atoms with Crippen molar-refractivity contribution in [3.8, 4) is 0 Å². The first-order valence-electron chi connectivity index (χ1n) is 5.93. The van der Waals surface area contributed by atoms with Gasteiger partial charge in [0.2, 0.25) is 0 Å². The van der Waals surface area contributed by atoms with Crippen LogP contribution in [0.15, 0.2) is 41.3 Å². The van der Waals surface area contributed by atoms with E-state index in [0.29, 0.717) is 11.4 Å². The highest BCUT2D eigenvalue weighted by atomic mass is 32.2. The summed E-state index contributed by atoms with van der Waals surface area (Å²) in [4.78, 5) is 4.53. The first kappa shape index (κ1) is 13.5. The third-order valence-corrected chi connectivity index (χ3v) is 4.18. The van der Waals surface area contributed by atoms with E-state index in [2.05, 4.69) is 9.71 Å². The van der Waals surface area contributed by atoms with Gasteiger partial charge in [-0.25, -0.2) is 8.42 Å². The summed E-state index contributed by atoms with van der Waals surface area (Å²) in [6, 6.07) is 10.2. The monoisotopic (exact) mass is 276 g/mol. The van der Waals surface area contributed by atoms with E-state index in [1.54, 1.807) is 37.3 Å². The Morgan fingerprint density at radius 2 is 1.68 bits per heavy atom. The molecule has 0 bridgehead atoms. The van der Waals surface area contributed by atoms with Crippen molar-refractivity contribution in [3.63, 3.8) is 0 Å². The van der Waals surface area contributed by atoms with E-state index < -0.39 is 10.0 Å². The lowest BCUT2D eigenvalue weighted by molar-refractivity contribution is 0.601. The highest BCUT2D eigenvalue weighted by Crippen LogP contribution is 2.22. The van der Waals surface area contributed by atoms with E-state index in [4.69, 9.17) is 0 Å². The van der Waals surface area contributed by atoms with Gasteiger partial charge in [0.05, 0.1) is 16.3 Å². The predicted octanol–water partition coefficient (Wildman–Crippen LogP) is 2.81. The van der Waals surface area contributed by atoms with Crippen molar-refractivity contribution >= 4 is 15.7 Å². The summed E-state index contributed by atoms with van der Waals surface area (Å²) in [5.74, 6) is 0. The Hall–Kier alpha value is -1.88. The SMILES string of the molecule is Cc1cc(C)c(NS(=O)(=O)c2ccccc2)c(C)n1. The van der Waals surface area contributed by atoms with Gasteiger partial charge in [0.15, 0.2) is 0 Å². The van der Waals surface area contributed by atoms with E-state index in [1.807, 2.05) is 19.9 Å². The van der Waals surface area contributed by atoms with Crippen molar-refractivity contribution in [2.45, 2.75) is 25.7 Å². The molecular weight excluding hydrogens is 260 g/mol. The second-order valence-electron chi connectivity index (χ2n) is 4.46. The standard InChI is InChI=1S/C14H16N2O2S/c1-10-9-11(2)15-12(3)14(10)16-19(17,18)13-7-5-4-6-8-13/h4-9,16H,1-3H3. The molecule has 1 aromatic carbocycles. The Labute approximate surface area is 113 Å². The van der Waals surface area contributed by atoms with Crippen LogP contribution in [-0.2, 0) is 10.0 Å². The Kier molecular flexibility index (Phi) is 3.57. The molecule has 1 heterocycles. The van der Waals surface area contributed by atoms with Crippen molar-refractivity contribution in [1.82, 2.24) is 4.98 Å². The number of aromatic nitrogens is 1. The number of anilines is 1. The number of pyridine rings is 1. The summed E-state index contributed by atoms with van der Waals surface area (Å²) >= 11 is 0. The topological polar surface area (TPSA) is 59.1 Å². The minimum atomic E-state index is -3.56. The molecule has 0 unspecified atom stereocenters. The molecule has 1 aromatic heterocycles. The van der Waals surface area contributed by atoms with Crippen molar-refractivity contribution in [2.24, 2.45) is 0 Å². The summed E-state index contributed by atoms with van der Waals surface area (Å²) in [6.07, 6.45) is 0. The van der Waals surface area contributed by atoms with Gasteiger partial charge in [0.1, 0.15) is 0 Å². The lowest BCUT2D eigenvalue weighted by Crippen LogP contribution is -2.15. The zero-order valence-corrected chi connectivity index (χ0v) is 12.0. The fourth-order valence-corrected chi connectivity index (χ4v) is 3.18. The molecule has 100 valence electrons. The fraction of sp³-hybridized carbons (Fsp3) is 0.214. The van der Waals surface area contributed by atoms with Crippen molar-refractivity contribution < 1.29 is 8.42 Å². The molecule has 0 saturated carbocycles. The van der Waals surface area contributed by atoms with Crippen LogP contribution in [0, 0.1) is 20.8 Å². The smallest absolute Gasteiger partial charge is 0.261 e. The Morgan fingerprint density at radius 3 is 2.26 bits per heavy atom. The molecule has 0 radical (unpaired) electrons. The van der Waals surface area contributed by atoms with Crippen molar-refractivity contribution in [1.29, 1.82) is 0 Å². The van der Waals surface area contributed by atoms with Crippen LogP contribution < -0.4 is 4.72 Å². The van der Waals surface area contributed by atoms with Crippen molar-refractivity contribution in [2.75, 3.05) is 4.72 Å². The lowest BCUT2D eigenvalue weighted by atomic mass is 10.2. The maximum atomic E-state index is 12.3. The quantitative estimate of drug-likeness (QED) is 0.937. The Balaban J connectivity index is 2.42. The van der Waals surface area contributed by atoms with E-state index in [0.717, 1.165) is 11.3 Å². The van der Waals surface area contributed by atoms with Gasteiger partial charge < -0.3 is 0 Å². The van der Waals surface area contributed by atoms with Crippen LogP contribution in [-0.4, -0.2) is 13.4 Å². The molecule has 0 atom stereocenters. The zero-order valence-electron chi connectivity index (χ0n) is 11.1. The molecule has 4 nitrogen and oxygen atoms in total. The number of rotatable bonds is 3. The molecule has 0 spiro atoms. The van der Waals surface area contributed by atoms with E-state index >= 15 is 0 Å². The van der Waals surface area contributed by atoms with Crippen LogP contribution in [0.3, 0.4) is 0 Å². The first-order chi connectivity index (χ1) is 8.90. The summed E-state index contributed by atoms with van der Waals surface area (Å²) < 4.78 is 27.1. The molecule has 2 rings (SSSR count). The number of sulfonamides is 1. The maximum absolute atomic E-state index is 12.3. The molecule has 0 amide bonds. The fourth-order valence-electron chi connectivity index (χ4n) is 1.97. The minimum absolute atomic E-state index is 0.245. The third-order valence-electron chi connectivity index (χ3n) is 2.82. The molecule has 0 aliphatic heterocycles. The second-order valence-corrected chi connectivity index (χ2v) is 6.14. The number of hydrogen-bond donors (Lipinski definition) is 1. The average molecular weight is 276 g/mol. The molecule has 0 fully saturated rings. The third kappa shape index (κ3) is 2.93. The van der Waals surface area contributed by atoms with E-state index in [-0.39, 0.29) is 4.90 Å². The van der Waals surface area contributed by atoms with Crippen LogP contribution in [0.25, 0.3) is 0 Å². The number of hydrogen-bond acceptors (Lipinski definition) is 3. The number of aryl methyl sites for hydroxylation is 3. The van der Waals surface area contributed by atoms with E-state index in [9.17, 15) is 8.42 Å². The van der Waals surface area contributed by atoms with Gasteiger partial charge in [0, 0.05) is 5.69 Å².